The highest BCUT2D eigenvalue weighted by Gasteiger charge is 2.24. The number of benzene rings is 17. The maximum atomic E-state index is 2.48. The molecule has 0 saturated carbocycles. The van der Waals surface area contributed by atoms with Crippen LogP contribution in [0, 0.1) is 0 Å². The van der Waals surface area contributed by atoms with Gasteiger partial charge in [-0.05, 0) is 152 Å². The van der Waals surface area contributed by atoms with Crippen LogP contribution in [0.25, 0.3) is 199 Å². The minimum absolute atomic E-state index is 1.12. The summed E-state index contributed by atoms with van der Waals surface area (Å²) in [5, 5.41) is 9.85. The van der Waals surface area contributed by atoms with Gasteiger partial charge in [0, 0.05) is 88.1 Å². The fourth-order valence-electron chi connectivity index (χ4n) is 17.3. The van der Waals surface area contributed by atoms with Crippen molar-refractivity contribution in [3.05, 3.63) is 400 Å². The molecule has 0 aliphatic heterocycles. The van der Waals surface area contributed by atoms with Crippen LogP contribution in [-0.4, -0.2) is 18.3 Å². The van der Waals surface area contributed by atoms with E-state index in [0.717, 1.165) is 89.5 Å². The summed E-state index contributed by atoms with van der Waals surface area (Å²) in [4.78, 5) is 0. The van der Waals surface area contributed by atoms with Gasteiger partial charge in [-0.2, -0.15) is 0 Å². The summed E-state index contributed by atoms with van der Waals surface area (Å²) in [6, 6.07) is 148. The van der Waals surface area contributed by atoms with E-state index in [1.165, 1.54) is 109 Å². The van der Waals surface area contributed by atoms with Crippen molar-refractivity contribution in [1.82, 2.24) is 18.3 Å². The Bertz CT molecular complexity index is 6140. The van der Waals surface area contributed by atoms with Gasteiger partial charge in [-0.3, -0.25) is 0 Å². The molecule has 494 valence electrons. The van der Waals surface area contributed by atoms with Crippen LogP contribution in [0.5, 0.6) is 0 Å². The smallest absolute Gasteiger partial charge is 0.0619 e. The van der Waals surface area contributed by atoms with E-state index in [0.29, 0.717) is 0 Å². The van der Waals surface area contributed by atoms with Crippen molar-refractivity contribution in [3.63, 3.8) is 0 Å². The molecule has 0 radical (unpaired) electrons. The molecule has 21 rings (SSSR count). The molecule has 0 bridgehead atoms. The van der Waals surface area contributed by atoms with Gasteiger partial charge in [-0.1, -0.05) is 315 Å². The van der Waals surface area contributed by atoms with E-state index in [1.54, 1.807) is 0 Å². The number of rotatable bonds is 12. The fourth-order valence-corrected chi connectivity index (χ4v) is 17.3. The van der Waals surface area contributed by atoms with Gasteiger partial charge in [0.1, 0.15) is 0 Å². The van der Waals surface area contributed by atoms with Gasteiger partial charge >= 0.3 is 0 Å². The molecule has 4 heterocycles. The second-order valence-electron chi connectivity index (χ2n) is 27.8. The van der Waals surface area contributed by atoms with Gasteiger partial charge in [0.25, 0.3) is 0 Å². The van der Waals surface area contributed by atoms with E-state index in [2.05, 4.69) is 419 Å². The number of hydrogen-bond donors (Lipinski definition) is 0. The molecule has 0 fully saturated rings. The number of nitrogens with zero attached hydrogens (tertiary/aromatic N) is 4. The molecule has 0 N–H and O–H groups in total. The summed E-state index contributed by atoms with van der Waals surface area (Å²) in [5.74, 6) is 0. The Balaban J connectivity index is 0.775. The first-order valence-electron chi connectivity index (χ1n) is 36.6. The van der Waals surface area contributed by atoms with E-state index >= 15 is 0 Å². The lowest BCUT2D eigenvalue weighted by Crippen LogP contribution is -1.96. The maximum Gasteiger partial charge on any atom is 0.0619 e. The normalized spacial score (nSPS) is 11.8. The van der Waals surface area contributed by atoms with Gasteiger partial charge in [-0.25, -0.2) is 0 Å². The first-order valence-corrected chi connectivity index (χ1v) is 36.6. The summed E-state index contributed by atoms with van der Waals surface area (Å²) in [7, 11) is 0. The highest BCUT2D eigenvalue weighted by molar-refractivity contribution is 6.18. The number of fused-ring (bicyclic) bond motifs is 12. The monoisotopic (exact) mass is 1350 g/mol. The SMILES string of the molecule is c1ccc(-n2c3ccccc3c3cccc(-c4ccc(-c5cc(-c6ccc(-c7cccc8c9ccccc9n(-c9ccccc9)c78)cc6)c(-c6ccc(-c7cccc8c9ccccc9n(-c9ccccc9)c78)cc6)cc5-c5ccc(-c6cccc7c8ccccc8n(-c8ccccc8)c67)cc5)cc4)c32)cc1. The quantitative estimate of drug-likeness (QED) is 0.116. The lowest BCUT2D eigenvalue weighted by molar-refractivity contribution is 1.18. The molecule has 0 spiro atoms. The molecule has 0 unspecified atom stereocenters. The van der Waals surface area contributed by atoms with Crippen LogP contribution in [0.1, 0.15) is 0 Å². The standard InChI is InChI=1S/C102H66N4/c1-5-25-75(26-6-1)103-95-45-17-13-33-83(95)87-41-21-37-79(99(87)103)67-49-57-71(58-50-67)91-65-93(73-61-53-69(54-62-73)81-39-23-43-89-85-35-15-19-47-97(85)105(101(81)89)77-29-9-3-10-30-77)94(74-63-55-70(56-64-74)82-40-24-44-90-86-36-16-20-48-98(86)106(102(82)90)78-31-11-4-12-32-78)66-92(91)72-59-51-68(52-60-72)80-38-22-42-88-84-34-14-18-46-96(84)104(100(80)88)76-27-7-2-8-28-76/h1-66H. The highest BCUT2D eigenvalue weighted by Crippen LogP contribution is 2.48. The van der Waals surface area contributed by atoms with Crippen molar-refractivity contribution in [2.75, 3.05) is 0 Å². The van der Waals surface area contributed by atoms with Crippen LogP contribution in [0.2, 0.25) is 0 Å². The lowest BCUT2D eigenvalue weighted by atomic mass is 9.84. The third-order valence-electron chi connectivity index (χ3n) is 22.0. The average molecular weight is 1350 g/mol. The van der Waals surface area contributed by atoms with Gasteiger partial charge < -0.3 is 18.3 Å². The van der Waals surface area contributed by atoms with Crippen molar-refractivity contribution in [1.29, 1.82) is 0 Å². The first kappa shape index (κ1) is 60.7. The molecule has 17 aromatic carbocycles. The zero-order valence-corrected chi connectivity index (χ0v) is 57.9. The van der Waals surface area contributed by atoms with Gasteiger partial charge in [0.15, 0.2) is 0 Å². The second-order valence-corrected chi connectivity index (χ2v) is 27.8. The summed E-state index contributed by atoms with van der Waals surface area (Å²) < 4.78 is 9.76. The van der Waals surface area contributed by atoms with Crippen LogP contribution in [-0.2, 0) is 0 Å². The number of aromatic nitrogens is 4. The predicted octanol–water partition coefficient (Wildman–Crippen LogP) is 27.4. The maximum absolute atomic E-state index is 2.48. The molecule has 4 nitrogen and oxygen atoms in total. The summed E-state index contributed by atoms with van der Waals surface area (Å²) in [6.07, 6.45) is 0. The summed E-state index contributed by atoms with van der Waals surface area (Å²) in [5.41, 5.74) is 32.4. The zero-order chi connectivity index (χ0) is 69.8. The minimum atomic E-state index is 1.12. The van der Waals surface area contributed by atoms with Crippen LogP contribution < -0.4 is 0 Å². The fraction of sp³-hybridized carbons (Fsp3) is 0. The van der Waals surface area contributed by atoms with E-state index in [4.69, 9.17) is 0 Å². The van der Waals surface area contributed by atoms with Crippen LogP contribution in [0.4, 0.5) is 0 Å². The van der Waals surface area contributed by atoms with Crippen molar-refractivity contribution in [2.45, 2.75) is 0 Å². The Labute approximate surface area is 613 Å². The Morgan fingerprint density at radius 3 is 0.500 bits per heavy atom. The zero-order valence-electron chi connectivity index (χ0n) is 57.9. The van der Waals surface area contributed by atoms with Gasteiger partial charge in [0.05, 0.1) is 44.1 Å². The first-order chi connectivity index (χ1) is 52.6. The summed E-state index contributed by atoms with van der Waals surface area (Å²) in [6.45, 7) is 0. The molecular formula is C102H66N4. The minimum Gasteiger partial charge on any atom is -0.309 e. The van der Waals surface area contributed by atoms with E-state index < -0.39 is 0 Å². The molecule has 0 saturated heterocycles. The van der Waals surface area contributed by atoms with Crippen molar-refractivity contribution >= 4 is 87.2 Å². The second kappa shape index (κ2) is 24.9. The van der Waals surface area contributed by atoms with Crippen LogP contribution in [0.15, 0.2) is 400 Å². The van der Waals surface area contributed by atoms with Crippen molar-refractivity contribution in [3.8, 4) is 112 Å². The molecule has 0 aliphatic carbocycles. The average Bonchev–Trinajstić information content (AvgIpc) is 1.52. The molecule has 21 aromatic rings. The lowest BCUT2D eigenvalue weighted by Gasteiger charge is -2.20. The molecule has 4 aromatic heterocycles. The highest BCUT2D eigenvalue weighted by atomic mass is 15.0. The van der Waals surface area contributed by atoms with Gasteiger partial charge in [-0.15, -0.1) is 0 Å². The third kappa shape index (κ3) is 9.76. The van der Waals surface area contributed by atoms with Crippen molar-refractivity contribution < 1.29 is 0 Å². The van der Waals surface area contributed by atoms with E-state index in [-0.39, 0.29) is 0 Å². The van der Waals surface area contributed by atoms with E-state index in [9.17, 15) is 0 Å². The Kier molecular flexibility index (Phi) is 14.2. The van der Waals surface area contributed by atoms with Gasteiger partial charge in [0.2, 0.25) is 0 Å². The molecule has 0 amide bonds. The van der Waals surface area contributed by atoms with Crippen LogP contribution in [0.3, 0.4) is 0 Å². The Morgan fingerprint density at radius 2 is 0.292 bits per heavy atom. The Hall–Kier alpha value is -14.1. The molecule has 0 aliphatic rings. The predicted molar refractivity (Wildman–Crippen MR) is 447 cm³/mol. The van der Waals surface area contributed by atoms with Crippen molar-refractivity contribution in [2.24, 2.45) is 0 Å². The number of hydrogen-bond acceptors (Lipinski definition) is 0. The number of para-hydroxylation sites is 12. The molecule has 106 heavy (non-hydrogen) atoms. The third-order valence-corrected chi connectivity index (χ3v) is 22.0. The molecule has 4 heteroatoms. The largest absolute Gasteiger partial charge is 0.309 e. The van der Waals surface area contributed by atoms with E-state index in [1.807, 2.05) is 0 Å². The van der Waals surface area contributed by atoms with Crippen LogP contribution >= 0.6 is 0 Å². The molecular weight excluding hydrogens is 1280 g/mol. The topological polar surface area (TPSA) is 19.7 Å². The summed E-state index contributed by atoms with van der Waals surface area (Å²) >= 11 is 0. The molecule has 0 atom stereocenters. The Morgan fingerprint density at radius 1 is 0.123 bits per heavy atom.